The number of ether oxygens (including phenoxy) is 3. The number of methoxy groups -OCH3 is 1. The van der Waals surface area contributed by atoms with Crippen molar-refractivity contribution in [2.24, 2.45) is 0 Å². The lowest BCUT2D eigenvalue weighted by molar-refractivity contribution is -0.181. The maximum atomic E-state index is 12.8. The van der Waals surface area contributed by atoms with Crippen molar-refractivity contribution in [2.45, 2.75) is 25.0 Å². The van der Waals surface area contributed by atoms with Crippen molar-refractivity contribution >= 4 is 11.7 Å². The zero-order valence-corrected chi connectivity index (χ0v) is 16.6. The standard InChI is InChI=1S/C21H26N4O4/c1-27-18-5-3-2-4-16(18)6-9-22-19-14-17(23-15-24-19)20(26)25-10-7-21(8-11-25)28-12-13-29-21/h2-5,14-15H,6-13H2,1H3,(H,22,23,24). The molecule has 8 nitrogen and oxygen atoms in total. The number of aromatic nitrogens is 2. The summed E-state index contributed by atoms with van der Waals surface area (Å²) in [5, 5.41) is 3.26. The van der Waals surface area contributed by atoms with Gasteiger partial charge in [-0.15, -0.1) is 0 Å². The van der Waals surface area contributed by atoms with Crippen molar-refractivity contribution in [3.63, 3.8) is 0 Å². The van der Waals surface area contributed by atoms with Crippen LogP contribution >= 0.6 is 0 Å². The molecule has 0 aliphatic carbocycles. The van der Waals surface area contributed by atoms with Gasteiger partial charge in [0.1, 0.15) is 23.6 Å². The van der Waals surface area contributed by atoms with Crippen LogP contribution in [0.1, 0.15) is 28.9 Å². The Kier molecular flexibility index (Phi) is 5.92. The molecule has 29 heavy (non-hydrogen) atoms. The Hall–Kier alpha value is -2.71. The predicted molar refractivity (Wildman–Crippen MR) is 107 cm³/mol. The average Bonchev–Trinajstić information content (AvgIpc) is 3.22. The molecule has 0 unspecified atom stereocenters. The molecule has 3 heterocycles. The first kappa shape index (κ1) is 19.6. The third-order valence-corrected chi connectivity index (χ3v) is 5.41. The number of hydrogen-bond acceptors (Lipinski definition) is 7. The number of nitrogens with one attached hydrogen (secondary N) is 1. The lowest BCUT2D eigenvalue weighted by Gasteiger charge is -2.37. The smallest absolute Gasteiger partial charge is 0.272 e. The Labute approximate surface area is 170 Å². The summed E-state index contributed by atoms with van der Waals surface area (Å²) < 4.78 is 16.8. The summed E-state index contributed by atoms with van der Waals surface area (Å²) in [6.45, 7) is 3.12. The van der Waals surface area contributed by atoms with E-state index in [1.54, 1.807) is 18.1 Å². The maximum Gasteiger partial charge on any atom is 0.272 e. The molecule has 1 N–H and O–H groups in total. The number of carbonyl (C=O) groups excluding carboxylic acids is 1. The fraction of sp³-hybridized carbons (Fsp3) is 0.476. The van der Waals surface area contributed by atoms with Gasteiger partial charge in [-0.3, -0.25) is 4.79 Å². The van der Waals surface area contributed by atoms with Gasteiger partial charge in [0, 0.05) is 38.5 Å². The molecule has 1 spiro atoms. The number of likely N-dealkylation sites (tertiary alicyclic amines) is 1. The van der Waals surface area contributed by atoms with E-state index in [2.05, 4.69) is 15.3 Å². The van der Waals surface area contributed by atoms with Crippen LogP contribution in [0, 0.1) is 0 Å². The van der Waals surface area contributed by atoms with Gasteiger partial charge in [-0.25, -0.2) is 9.97 Å². The second-order valence-corrected chi connectivity index (χ2v) is 7.18. The third-order valence-electron chi connectivity index (χ3n) is 5.41. The van der Waals surface area contributed by atoms with Crippen LogP contribution in [0.2, 0.25) is 0 Å². The van der Waals surface area contributed by atoms with Crippen LogP contribution in [0.15, 0.2) is 36.7 Å². The molecule has 2 aliphatic rings. The van der Waals surface area contributed by atoms with Crippen LogP contribution in [0.25, 0.3) is 0 Å². The zero-order valence-electron chi connectivity index (χ0n) is 16.6. The van der Waals surface area contributed by atoms with Gasteiger partial charge in [0.25, 0.3) is 5.91 Å². The summed E-state index contributed by atoms with van der Waals surface area (Å²) >= 11 is 0. The van der Waals surface area contributed by atoms with E-state index in [4.69, 9.17) is 14.2 Å². The van der Waals surface area contributed by atoms with E-state index >= 15 is 0 Å². The Morgan fingerprint density at radius 2 is 1.97 bits per heavy atom. The van der Waals surface area contributed by atoms with Crippen LogP contribution in [0.5, 0.6) is 5.75 Å². The Morgan fingerprint density at radius 3 is 2.72 bits per heavy atom. The van der Waals surface area contributed by atoms with Crippen molar-refractivity contribution in [1.82, 2.24) is 14.9 Å². The van der Waals surface area contributed by atoms with E-state index in [1.807, 2.05) is 24.3 Å². The van der Waals surface area contributed by atoms with Crippen molar-refractivity contribution < 1.29 is 19.0 Å². The molecule has 0 radical (unpaired) electrons. The van der Waals surface area contributed by atoms with Gasteiger partial charge in [0.15, 0.2) is 5.79 Å². The monoisotopic (exact) mass is 398 g/mol. The van der Waals surface area contributed by atoms with Crippen LogP contribution in [-0.4, -0.2) is 66.5 Å². The lowest BCUT2D eigenvalue weighted by Crippen LogP contribution is -2.47. The molecule has 2 aliphatic heterocycles. The van der Waals surface area contributed by atoms with Gasteiger partial charge in [-0.05, 0) is 18.1 Å². The Balaban J connectivity index is 1.33. The molecule has 4 rings (SSSR count). The highest BCUT2D eigenvalue weighted by atomic mass is 16.7. The highest BCUT2D eigenvalue weighted by Crippen LogP contribution is 2.31. The number of hydrogen-bond donors (Lipinski definition) is 1. The van der Waals surface area contributed by atoms with E-state index in [-0.39, 0.29) is 5.91 Å². The SMILES string of the molecule is COc1ccccc1CCNc1cc(C(=O)N2CCC3(CC2)OCCO3)ncn1. The molecule has 1 aromatic carbocycles. The van der Waals surface area contributed by atoms with Gasteiger partial charge in [0.05, 0.1) is 20.3 Å². The molecule has 1 amide bonds. The molecule has 0 saturated carbocycles. The molecule has 8 heteroatoms. The van der Waals surface area contributed by atoms with E-state index in [0.717, 1.165) is 17.7 Å². The van der Waals surface area contributed by atoms with Crippen molar-refractivity contribution in [3.8, 4) is 5.75 Å². The first-order chi connectivity index (χ1) is 14.2. The van der Waals surface area contributed by atoms with Crippen molar-refractivity contribution in [1.29, 1.82) is 0 Å². The highest BCUT2D eigenvalue weighted by Gasteiger charge is 2.41. The number of benzene rings is 1. The third kappa shape index (κ3) is 4.49. The Morgan fingerprint density at radius 1 is 1.21 bits per heavy atom. The number of rotatable bonds is 6. The summed E-state index contributed by atoms with van der Waals surface area (Å²) in [7, 11) is 1.67. The quantitative estimate of drug-likeness (QED) is 0.798. The largest absolute Gasteiger partial charge is 0.496 e. The molecule has 0 bridgehead atoms. The highest BCUT2D eigenvalue weighted by molar-refractivity contribution is 5.93. The second-order valence-electron chi connectivity index (χ2n) is 7.18. The number of para-hydroxylation sites is 1. The van der Waals surface area contributed by atoms with E-state index in [1.165, 1.54) is 6.33 Å². The van der Waals surface area contributed by atoms with Crippen LogP contribution < -0.4 is 10.1 Å². The zero-order chi connectivity index (χ0) is 20.1. The van der Waals surface area contributed by atoms with Crippen molar-refractivity contribution in [2.75, 3.05) is 45.3 Å². The van der Waals surface area contributed by atoms with Crippen LogP contribution in [0.3, 0.4) is 0 Å². The molecule has 1 aromatic heterocycles. The van der Waals surface area contributed by atoms with Gasteiger partial charge in [-0.2, -0.15) is 0 Å². The predicted octanol–water partition coefficient (Wildman–Crippen LogP) is 2.12. The summed E-state index contributed by atoms with van der Waals surface area (Å²) in [6, 6.07) is 9.63. The molecule has 154 valence electrons. The van der Waals surface area contributed by atoms with Crippen LogP contribution in [-0.2, 0) is 15.9 Å². The first-order valence-electron chi connectivity index (χ1n) is 9.94. The molecular formula is C21H26N4O4. The van der Waals surface area contributed by atoms with Gasteiger partial charge in [-0.1, -0.05) is 18.2 Å². The number of anilines is 1. The minimum absolute atomic E-state index is 0.0898. The minimum Gasteiger partial charge on any atom is -0.496 e. The van der Waals surface area contributed by atoms with Gasteiger partial charge < -0.3 is 24.4 Å². The molecule has 2 aromatic rings. The number of piperidine rings is 1. The molecular weight excluding hydrogens is 372 g/mol. The minimum atomic E-state index is -0.492. The summed E-state index contributed by atoms with van der Waals surface area (Å²) in [4.78, 5) is 23.1. The lowest BCUT2D eigenvalue weighted by atomic mass is 10.0. The summed E-state index contributed by atoms with van der Waals surface area (Å²) in [5.74, 6) is 0.918. The van der Waals surface area contributed by atoms with E-state index < -0.39 is 5.79 Å². The topological polar surface area (TPSA) is 85.8 Å². The van der Waals surface area contributed by atoms with Gasteiger partial charge in [0.2, 0.25) is 0 Å². The molecule has 2 fully saturated rings. The Bertz CT molecular complexity index is 844. The summed E-state index contributed by atoms with van der Waals surface area (Å²) in [5.41, 5.74) is 1.51. The van der Waals surface area contributed by atoms with Crippen molar-refractivity contribution in [3.05, 3.63) is 47.9 Å². The van der Waals surface area contributed by atoms with E-state index in [9.17, 15) is 4.79 Å². The summed E-state index contributed by atoms with van der Waals surface area (Å²) in [6.07, 6.45) is 3.58. The van der Waals surface area contributed by atoms with E-state index in [0.29, 0.717) is 57.2 Å². The maximum absolute atomic E-state index is 12.8. The number of nitrogens with zero attached hydrogens (tertiary/aromatic N) is 3. The fourth-order valence-corrected chi connectivity index (χ4v) is 3.80. The first-order valence-corrected chi connectivity index (χ1v) is 9.94. The number of amides is 1. The fourth-order valence-electron chi connectivity index (χ4n) is 3.80. The molecule has 0 atom stereocenters. The number of carbonyl (C=O) groups is 1. The normalized spacial score (nSPS) is 18.0. The van der Waals surface area contributed by atoms with Crippen LogP contribution in [0.4, 0.5) is 5.82 Å². The van der Waals surface area contributed by atoms with Gasteiger partial charge >= 0.3 is 0 Å². The average molecular weight is 398 g/mol. The second kappa shape index (κ2) is 8.75. The molecule has 2 saturated heterocycles.